The van der Waals surface area contributed by atoms with E-state index in [1.165, 1.54) is 23.1 Å². The van der Waals surface area contributed by atoms with Gasteiger partial charge in [-0.05, 0) is 44.0 Å². The van der Waals surface area contributed by atoms with Crippen LogP contribution in [-0.2, 0) is 15.3 Å². The highest BCUT2D eigenvalue weighted by molar-refractivity contribution is 7.99. The van der Waals surface area contributed by atoms with Gasteiger partial charge in [0.2, 0.25) is 5.91 Å². The third-order valence-corrected chi connectivity index (χ3v) is 5.83. The second-order valence-corrected chi connectivity index (χ2v) is 7.77. The molecule has 0 saturated heterocycles. The number of rotatable bonds is 7. The van der Waals surface area contributed by atoms with Gasteiger partial charge < -0.3 is 10.1 Å². The van der Waals surface area contributed by atoms with Crippen LogP contribution in [-0.4, -0.2) is 24.2 Å². The molecule has 1 N–H and O–H groups in total. The lowest BCUT2D eigenvalue weighted by molar-refractivity contribution is -0.113. The molecule has 1 amide bonds. The Morgan fingerprint density at radius 2 is 1.96 bits per heavy atom. The summed E-state index contributed by atoms with van der Waals surface area (Å²) in [5.74, 6) is 0.385. The van der Waals surface area contributed by atoms with Crippen molar-refractivity contribution in [2.75, 3.05) is 17.7 Å². The van der Waals surface area contributed by atoms with Crippen molar-refractivity contribution < 1.29 is 14.3 Å². The number of aryl methyl sites for hydroxylation is 1. The number of benzene rings is 1. The molecule has 0 aliphatic heterocycles. The van der Waals surface area contributed by atoms with Crippen molar-refractivity contribution in [1.29, 1.82) is 5.26 Å². The van der Waals surface area contributed by atoms with E-state index in [9.17, 15) is 9.59 Å². The minimum absolute atomic E-state index is 0.157. The van der Waals surface area contributed by atoms with Crippen molar-refractivity contribution in [2.45, 2.75) is 26.5 Å². The number of ether oxygens (including phenoxy) is 1. The molecule has 2 aromatic rings. The van der Waals surface area contributed by atoms with E-state index in [2.05, 4.69) is 11.4 Å². The largest absolute Gasteiger partial charge is 0.462 e. The van der Waals surface area contributed by atoms with Crippen LogP contribution >= 0.6 is 23.1 Å². The molecular formula is C19H20N2O3S2. The lowest BCUT2D eigenvalue weighted by atomic mass is 10.1. The molecule has 0 radical (unpaired) electrons. The standard InChI is InChI=1S/C19H20N2O3S2/c1-4-24-19(23)17-12(2)13(3)26-18(17)21-16(22)11-25-10-15-7-5-14(9-20)6-8-15/h5-8H,4,10-11H2,1-3H3,(H,21,22). The fourth-order valence-corrected chi connectivity index (χ4v) is 4.12. The van der Waals surface area contributed by atoms with E-state index in [0.717, 1.165) is 16.0 Å². The molecule has 0 spiro atoms. The maximum Gasteiger partial charge on any atom is 0.341 e. The molecule has 1 aromatic heterocycles. The third-order valence-electron chi connectivity index (χ3n) is 3.70. The Morgan fingerprint density at radius 3 is 2.58 bits per heavy atom. The first-order valence-electron chi connectivity index (χ1n) is 8.10. The van der Waals surface area contributed by atoms with Gasteiger partial charge in [-0.15, -0.1) is 23.1 Å². The first kappa shape index (κ1) is 20.0. The number of thioether (sulfide) groups is 1. The van der Waals surface area contributed by atoms with Gasteiger partial charge in [0, 0.05) is 10.6 Å². The van der Waals surface area contributed by atoms with Crippen LogP contribution in [0, 0.1) is 25.2 Å². The van der Waals surface area contributed by atoms with Gasteiger partial charge in [-0.1, -0.05) is 12.1 Å². The smallest absolute Gasteiger partial charge is 0.341 e. The first-order chi connectivity index (χ1) is 12.5. The molecule has 1 heterocycles. The lowest BCUT2D eigenvalue weighted by Crippen LogP contribution is -2.16. The predicted molar refractivity (Wildman–Crippen MR) is 106 cm³/mol. The summed E-state index contributed by atoms with van der Waals surface area (Å²) in [7, 11) is 0. The number of nitrogens with one attached hydrogen (secondary N) is 1. The summed E-state index contributed by atoms with van der Waals surface area (Å²) in [4.78, 5) is 25.4. The average molecular weight is 389 g/mol. The van der Waals surface area contributed by atoms with Gasteiger partial charge in [0.05, 0.1) is 29.6 Å². The minimum atomic E-state index is -0.408. The number of thiophene rings is 1. The van der Waals surface area contributed by atoms with Crippen LogP contribution in [0.15, 0.2) is 24.3 Å². The number of hydrogen-bond donors (Lipinski definition) is 1. The molecule has 2 rings (SSSR count). The molecule has 0 aliphatic rings. The minimum Gasteiger partial charge on any atom is -0.462 e. The molecule has 0 aliphatic carbocycles. The molecule has 0 saturated carbocycles. The van der Waals surface area contributed by atoms with Gasteiger partial charge >= 0.3 is 5.97 Å². The average Bonchev–Trinajstić information content (AvgIpc) is 2.89. The molecule has 0 bridgehead atoms. The molecule has 0 atom stereocenters. The zero-order valence-electron chi connectivity index (χ0n) is 14.9. The van der Waals surface area contributed by atoms with E-state index < -0.39 is 5.97 Å². The van der Waals surface area contributed by atoms with E-state index in [0.29, 0.717) is 28.5 Å². The summed E-state index contributed by atoms with van der Waals surface area (Å²) >= 11 is 2.86. The van der Waals surface area contributed by atoms with E-state index in [-0.39, 0.29) is 11.7 Å². The Kier molecular flexibility index (Phi) is 7.25. The van der Waals surface area contributed by atoms with Gasteiger partial charge in [0.15, 0.2) is 0 Å². The zero-order valence-corrected chi connectivity index (χ0v) is 16.6. The molecule has 1 aromatic carbocycles. The highest BCUT2D eigenvalue weighted by Gasteiger charge is 2.21. The van der Waals surface area contributed by atoms with E-state index >= 15 is 0 Å². The molecular weight excluding hydrogens is 368 g/mol. The maximum absolute atomic E-state index is 12.2. The van der Waals surface area contributed by atoms with Crippen LogP contribution in [0.3, 0.4) is 0 Å². The van der Waals surface area contributed by atoms with E-state index in [1.807, 2.05) is 26.0 Å². The second kappa shape index (κ2) is 9.41. The van der Waals surface area contributed by atoms with Crippen LogP contribution in [0.2, 0.25) is 0 Å². The molecule has 0 unspecified atom stereocenters. The number of hydrogen-bond acceptors (Lipinski definition) is 6. The Morgan fingerprint density at radius 1 is 1.27 bits per heavy atom. The summed E-state index contributed by atoms with van der Waals surface area (Å²) in [6.45, 7) is 5.82. The van der Waals surface area contributed by atoms with Gasteiger partial charge in [0.25, 0.3) is 0 Å². The van der Waals surface area contributed by atoms with Gasteiger partial charge in [-0.25, -0.2) is 4.79 Å². The van der Waals surface area contributed by atoms with Crippen molar-refractivity contribution in [1.82, 2.24) is 0 Å². The summed E-state index contributed by atoms with van der Waals surface area (Å²) in [5.41, 5.74) is 2.96. The highest BCUT2D eigenvalue weighted by atomic mass is 32.2. The Balaban J connectivity index is 1.94. The Hall–Kier alpha value is -2.30. The number of nitrogens with zero attached hydrogens (tertiary/aromatic N) is 1. The normalized spacial score (nSPS) is 10.2. The predicted octanol–water partition coefficient (Wildman–Crippen LogP) is 4.29. The first-order valence-corrected chi connectivity index (χ1v) is 10.1. The van der Waals surface area contributed by atoms with E-state index in [1.54, 1.807) is 19.1 Å². The Bertz CT molecular complexity index is 836. The van der Waals surface area contributed by atoms with Crippen LogP contribution in [0.5, 0.6) is 0 Å². The van der Waals surface area contributed by atoms with Crippen LogP contribution in [0.4, 0.5) is 5.00 Å². The SMILES string of the molecule is CCOC(=O)c1c(NC(=O)CSCc2ccc(C#N)cc2)sc(C)c1C. The number of carbonyl (C=O) groups is 2. The monoisotopic (exact) mass is 388 g/mol. The summed E-state index contributed by atoms with van der Waals surface area (Å²) in [5, 5.41) is 12.2. The molecule has 7 heteroatoms. The topological polar surface area (TPSA) is 79.2 Å². The summed E-state index contributed by atoms with van der Waals surface area (Å²) in [6.07, 6.45) is 0. The number of esters is 1. The zero-order chi connectivity index (χ0) is 19.1. The van der Waals surface area contributed by atoms with Crippen molar-refractivity contribution in [3.05, 3.63) is 51.4 Å². The van der Waals surface area contributed by atoms with Crippen molar-refractivity contribution in [3.8, 4) is 6.07 Å². The number of carbonyl (C=O) groups excluding carboxylic acids is 2. The molecule has 136 valence electrons. The van der Waals surface area contributed by atoms with Crippen LogP contribution in [0.25, 0.3) is 0 Å². The summed E-state index contributed by atoms with van der Waals surface area (Å²) in [6, 6.07) is 9.37. The maximum atomic E-state index is 12.2. The van der Waals surface area contributed by atoms with Gasteiger partial charge in [-0.3, -0.25) is 4.79 Å². The Labute approximate surface area is 161 Å². The van der Waals surface area contributed by atoms with Gasteiger partial charge in [0.1, 0.15) is 5.00 Å². The summed E-state index contributed by atoms with van der Waals surface area (Å²) < 4.78 is 5.09. The fraction of sp³-hybridized carbons (Fsp3) is 0.316. The van der Waals surface area contributed by atoms with Crippen LogP contribution < -0.4 is 5.32 Å². The quantitative estimate of drug-likeness (QED) is 0.716. The lowest BCUT2D eigenvalue weighted by Gasteiger charge is -2.07. The molecule has 26 heavy (non-hydrogen) atoms. The van der Waals surface area contributed by atoms with Crippen molar-refractivity contribution in [2.24, 2.45) is 0 Å². The number of anilines is 1. The molecule has 0 fully saturated rings. The van der Waals surface area contributed by atoms with Gasteiger partial charge in [-0.2, -0.15) is 5.26 Å². The van der Waals surface area contributed by atoms with E-state index in [4.69, 9.17) is 10.00 Å². The highest BCUT2D eigenvalue weighted by Crippen LogP contribution is 2.33. The van der Waals surface area contributed by atoms with Crippen molar-refractivity contribution >= 4 is 40.0 Å². The third kappa shape index (κ3) is 5.10. The fourth-order valence-electron chi connectivity index (χ4n) is 2.26. The molecule has 5 nitrogen and oxygen atoms in total. The van der Waals surface area contributed by atoms with Crippen molar-refractivity contribution in [3.63, 3.8) is 0 Å². The second-order valence-electron chi connectivity index (χ2n) is 5.56. The number of nitriles is 1. The van der Waals surface area contributed by atoms with Crippen LogP contribution in [0.1, 0.15) is 38.8 Å². The number of amides is 1.